The number of hydrogen-bond donors (Lipinski definition) is 3. The van der Waals surface area contributed by atoms with Crippen molar-refractivity contribution in [2.45, 2.75) is 26.7 Å². The van der Waals surface area contributed by atoms with E-state index in [1.165, 1.54) is 4.31 Å². The van der Waals surface area contributed by atoms with Crippen molar-refractivity contribution in [2.75, 3.05) is 26.2 Å². The molecule has 20 heavy (non-hydrogen) atoms. The molecule has 1 saturated heterocycles. The maximum atomic E-state index is 12.1. The van der Waals surface area contributed by atoms with Crippen LogP contribution in [0.4, 0.5) is 0 Å². The Morgan fingerprint density at radius 2 is 1.90 bits per heavy atom. The van der Waals surface area contributed by atoms with E-state index < -0.39 is 20.4 Å². The maximum Gasteiger partial charge on any atom is 0.279 e. The predicted octanol–water partition coefficient (Wildman–Crippen LogP) is -1.02. The van der Waals surface area contributed by atoms with E-state index in [2.05, 4.69) is 9.44 Å². The van der Waals surface area contributed by atoms with Crippen LogP contribution in [0, 0.1) is 11.8 Å². The second-order valence-corrected chi connectivity index (χ2v) is 8.64. The largest absolute Gasteiger partial charge is 0.279 e. The van der Waals surface area contributed by atoms with Crippen LogP contribution < -0.4 is 14.6 Å². The molecule has 0 amide bonds. The number of piperidine rings is 1. The molecule has 0 spiro atoms. The van der Waals surface area contributed by atoms with Gasteiger partial charge < -0.3 is 0 Å². The number of hydrogen-bond acceptors (Lipinski definition) is 4. The Labute approximate surface area is 121 Å². The normalized spacial score (nSPS) is 22.3. The topological polar surface area (TPSA) is 122 Å². The summed E-state index contributed by atoms with van der Waals surface area (Å²) in [5.41, 5.74) is 0. The lowest BCUT2D eigenvalue weighted by atomic mass is 10.0. The number of nitrogens with one attached hydrogen (secondary N) is 2. The molecule has 8 nitrogen and oxygen atoms in total. The Balaban J connectivity index is 2.55. The summed E-state index contributed by atoms with van der Waals surface area (Å²) >= 11 is 0. The molecule has 0 saturated carbocycles. The van der Waals surface area contributed by atoms with Crippen LogP contribution in [0.5, 0.6) is 0 Å². The van der Waals surface area contributed by atoms with Gasteiger partial charge in [0.25, 0.3) is 20.4 Å². The second-order valence-electron chi connectivity index (χ2n) is 5.51. The number of nitrogens with zero attached hydrogens (tertiary/aromatic N) is 1. The van der Waals surface area contributed by atoms with Gasteiger partial charge in [-0.3, -0.25) is 0 Å². The van der Waals surface area contributed by atoms with Gasteiger partial charge in [-0.1, -0.05) is 13.8 Å². The smallest absolute Gasteiger partial charge is 0.216 e. The van der Waals surface area contributed by atoms with E-state index in [0.29, 0.717) is 26.1 Å². The molecular weight excluding hydrogens is 304 g/mol. The molecule has 1 atom stereocenters. The third-order valence-corrected chi connectivity index (χ3v) is 5.18. The molecule has 1 heterocycles. The van der Waals surface area contributed by atoms with Crippen LogP contribution >= 0.6 is 0 Å². The molecule has 1 aliphatic heterocycles. The van der Waals surface area contributed by atoms with E-state index in [0.717, 1.165) is 6.42 Å². The Morgan fingerprint density at radius 3 is 2.45 bits per heavy atom. The molecule has 0 aromatic heterocycles. The van der Waals surface area contributed by atoms with Crippen LogP contribution in [-0.2, 0) is 20.4 Å². The summed E-state index contributed by atoms with van der Waals surface area (Å²) in [6.45, 7) is 5.17. The molecule has 0 bridgehead atoms. The van der Waals surface area contributed by atoms with Gasteiger partial charge in [0.05, 0.1) is 0 Å². The van der Waals surface area contributed by atoms with Crippen molar-refractivity contribution >= 4 is 20.4 Å². The molecule has 10 heteroatoms. The highest BCUT2D eigenvalue weighted by Gasteiger charge is 2.29. The van der Waals surface area contributed by atoms with Crippen molar-refractivity contribution in [3.05, 3.63) is 0 Å². The minimum atomic E-state index is -3.73. The lowest BCUT2D eigenvalue weighted by Gasteiger charge is -2.32. The molecule has 4 N–H and O–H groups in total. The Morgan fingerprint density at radius 1 is 1.25 bits per heavy atom. The zero-order valence-electron chi connectivity index (χ0n) is 11.9. The molecule has 120 valence electrons. The fraction of sp³-hybridized carbons (Fsp3) is 1.00. The SMILES string of the molecule is CC(C)CNS(=O)(=O)N1CCCC(CNS(N)(=O)=O)C1. The minimum absolute atomic E-state index is 0.0577. The van der Waals surface area contributed by atoms with Gasteiger partial charge in [-0.05, 0) is 24.7 Å². The van der Waals surface area contributed by atoms with Crippen molar-refractivity contribution in [2.24, 2.45) is 17.0 Å². The van der Waals surface area contributed by atoms with Gasteiger partial charge in [0.2, 0.25) is 0 Å². The molecule has 1 unspecified atom stereocenters. The first kappa shape index (κ1) is 17.8. The number of rotatable bonds is 7. The van der Waals surface area contributed by atoms with E-state index >= 15 is 0 Å². The molecule has 0 aliphatic carbocycles. The van der Waals surface area contributed by atoms with E-state index in [4.69, 9.17) is 5.14 Å². The van der Waals surface area contributed by atoms with Crippen LogP contribution in [0.3, 0.4) is 0 Å². The molecule has 1 fully saturated rings. The lowest BCUT2D eigenvalue weighted by Crippen LogP contribution is -2.49. The lowest BCUT2D eigenvalue weighted by molar-refractivity contribution is 0.264. The standard InChI is InChI=1S/C10H24N4O4S2/c1-9(2)6-13-20(17,18)14-5-3-4-10(8-14)7-12-19(11,15)16/h9-10,12-13H,3-8H2,1-2H3,(H2,11,15,16). The van der Waals surface area contributed by atoms with Crippen LogP contribution in [0.1, 0.15) is 26.7 Å². The molecule has 0 aromatic carbocycles. The van der Waals surface area contributed by atoms with Crippen molar-refractivity contribution in [3.63, 3.8) is 0 Å². The maximum absolute atomic E-state index is 12.1. The highest BCUT2D eigenvalue weighted by molar-refractivity contribution is 7.87. The van der Waals surface area contributed by atoms with Gasteiger partial charge in [-0.15, -0.1) is 0 Å². The highest BCUT2D eigenvalue weighted by atomic mass is 32.2. The van der Waals surface area contributed by atoms with Gasteiger partial charge in [0.15, 0.2) is 0 Å². The van der Waals surface area contributed by atoms with Gasteiger partial charge in [0.1, 0.15) is 0 Å². The Hall–Kier alpha value is -0.260. The number of nitrogens with two attached hydrogens (primary N) is 1. The monoisotopic (exact) mass is 328 g/mol. The first-order valence-electron chi connectivity index (χ1n) is 6.62. The van der Waals surface area contributed by atoms with E-state index in [1.807, 2.05) is 13.8 Å². The summed E-state index contributed by atoms with van der Waals surface area (Å²) in [4.78, 5) is 0. The van der Waals surface area contributed by atoms with Crippen LogP contribution in [-0.4, -0.2) is 47.3 Å². The van der Waals surface area contributed by atoms with Gasteiger partial charge in [-0.2, -0.15) is 21.1 Å². The summed E-state index contributed by atoms with van der Waals surface area (Å²) in [6.07, 6.45) is 1.48. The van der Waals surface area contributed by atoms with Gasteiger partial charge in [-0.25, -0.2) is 14.6 Å². The molecule has 1 aliphatic rings. The highest BCUT2D eigenvalue weighted by Crippen LogP contribution is 2.18. The summed E-state index contributed by atoms with van der Waals surface area (Å²) in [5, 5.41) is 4.87. The first-order chi connectivity index (χ1) is 9.10. The minimum Gasteiger partial charge on any atom is -0.216 e. The Bertz CT molecular complexity index is 503. The average molecular weight is 328 g/mol. The van der Waals surface area contributed by atoms with Crippen LogP contribution in [0.15, 0.2) is 0 Å². The van der Waals surface area contributed by atoms with E-state index in [-0.39, 0.29) is 18.4 Å². The summed E-state index contributed by atoms with van der Waals surface area (Å²) < 4.78 is 52.0. The fourth-order valence-corrected chi connectivity index (χ4v) is 3.98. The third kappa shape index (κ3) is 6.46. The van der Waals surface area contributed by atoms with E-state index in [1.54, 1.807) is 0 Å². The zero-order chi connectivity index (χ0) is 15.4. The van der Waals surface area contributed by atoms with Crippen molar-refractivity contribution in [1.29, 1.82) is 0 Å². The summed E-state index contributed by atoms with van der Waals surface area (Å²) in [5.74, 6) is 0.173. The summed E-state index contributed by atoms with van der Waals surface area (Å²) in [7, 11) is -7.22. The van der Waals surface area contributed by atoms with Crippen molar-refractivity contribution < 1.29 is 16.8 Å². The zero-order valence-corrected chi connectivity index (χ0v) is 13.5. The average Bonchev–Trinajstić information content (AvgIpc) is 2.34. The van der Waals surface area contributed by atoms with E-state index in [9.17, 15) is 16.8 Å². The second kappa shape index (κ2) is 7.14. The molecular formula is C10H24N4O4S2. The Kier molecular flexibility index (Phi) is 6.35. The molecule has 1 rings (SSSR count). The van der Waals surface area contributed by atoms with Crippen LogP contribution in [0.2, 0.25) is 0 Å². The van der Waals surface area contributed by atoms with Crippen molar-refractivity contribution in [3.8, 4) is 0 Å². The van der Waals surface area contributed by atoms with Crippen molar-refractivity contribution in [1.82, 2.24) is 13.7 Å². The van der Waals surface area contributed by atoms with Gasteiger partial charge in [0, 0.05) is 26.2 Å². The molecule has 0 radical (unpaired) electrons. The third-order valence-electron chi connectivity index (χ3n) is 3.07. The molecule has 0 aromatic rings. The first-order valence-corrected chi connectivity index (χ1v) is 9.61. The quantitative estimate of drug-likeness (QED) is 0.554. The van der Waals surface area contributed by atoms with Crippen LogP contribution in [0.25, 0.3) is 0 Å². The predicted molar refractivity (Wildman–Crippen MR) is 77.2 cm³/mol. The van der Waals surface area contributed by atoms with Gasteiger partial charge >= 0.3 is 0 Å². The fourth-order valence-electron chi connectivity index (χ4n) is 2.01. The summed E-state index contributed by atoms with van der Waals surface area (Å²) in [6, 6.07) is 0.